The van der Waals surface area contributed by atoms with E-state index in [-0.39, 0.29) is 34.1 Å². The van der Waals surface area contributed by atoms with Crippen molar-refractivity contribution in [1.29, 1.82) is 0 Å². The van der Waals surface area contributed by atoms with Crippen molar-refractivity contribution in [3.63, 3.8) is 0 Å². The van der Waals surface area contributed by atoms with Gasteiger partial charge in [0.05, 0.1) is 0 Å². The molecule has 0 unspecified atom stereocenters. The molecule has 0 N–H and O–H groups in total. The van der Waals surface area contributed by atoms with Crippen LogP contribution >= 0.6 is 0 Å². The van der Waals surface area contributed by atoms with Crippen LogP contribution < -0.4 is 0 Å². The van der Waals surface area contributed by atoms with Gasteiger partial charge >= 0.3 is 67.0 Å². The molecule has 0 nitrogen and oxygen atoms in total. The molecular weight excluding hydrogens is 327 g/mol. The van der Waals surface area contributed by atoms with Gasteiger partial charge < -0.3 is 0 Å². The minimum atomic E-state index is 0.141. The number of hydrogen-bond acceptors (Lipinski definition) is 0. The molecule has 0 radical (unpaired) electrons. The summed E-state index contributed by atoms with van der Waals surface area (Å²) in [7, 11) is 0. The van der Waals surface area contributed by atoms with E-state index in [9.17, 15) is 0 Å². The Balaban J connectivity index is 3.18. The van der Waals surface area contributed by atoms with Crippen molar-refractivity contribution in [2.24, 2.45) is 0 Å². The van der Waals surface area contributed by atoms with E-state index in [2.05, 4.69) is 32.9 Å². The molecule has 0 rings (SSSR count). The third kappa shape index (κ3) is 6.62. The van der Waals surface area contributed by atoms with E-state index in [4.69, 9.17) is 0 Å². The van der Waals surface area contributed by atoms with Crippen molar-refractivity contribution in [3.05, 3.63) is 32.9 Å². The van der Waals surface area contributed by atoms with Gasteiger partial charge in [-0.1, -0.05) is 0 Å². The summed E-state index contributed by atoms with van der Waals surface area (Å²) in [6, 6.07) is 0. The Morgan fingerprint density at radius 2 is 1.38 bits per heavy atom. The Hall–Kier alpha value is 0.619. The topological polar surface area (TPSA) is 0 Å². The van der Waals surface area contributed by atoms with Crippen LogP contribution in [0.5, 0.6) is 0 Å². The summed E-state index contributed by atoms with van der Waals surface area (Å²) in [5.41, 5.74) is 5.55. The van der Waals surface area contributed by atoms with Crippen LogP contribution in [0.3, 0.4) is 0 Å². The first-order chi connectivity index (χ1) is 3.91. The van der Waals surface area contributed by atoms with Gasteiger partial charge in [-0.2, -0.15) is 0 Å². The van der Waals surface area contributed by atoms with Crippen LogP contribution in [0.2, 0.25) is 0 Å². The van der Waals surface area contributed by atoms with Gasteiger partial charge in [-0.3, -0.25) is 0 Å². The average Bonchev–Trinajstić information content (AvgIpc) is 1.81. The van der Waals surface area contributed by atoms with E-state index >= 15 is 0 Å². The van der Waals surface area contributed by atoms with Crippen LogP contribution in [-0.4, -0.2) is 34.1 Å². The number of rotatable bonds is 3. The molecule has 0 aromatic rings. The second-order valence-electron chi connectivity index (χ2n) is 0.836. The second-order valence-corrected chi connectivity index (χ2v) is 10.6. The molecule has 42 valence electrons. The third-order valence-corrected chi connectivity index (χ3v) is 7.95. The fourth-order valence-corrected chi connectivity index (χ4v) is 5.56. The van der Waals surface area contributed by atoms with Crippen molar-refractivity contribution in [1.82, 2.24) is 0 Å². The van der Waals surface area contributed by atoms with Gasteiger partial charge in [0, 0.05) is 0 Å². The first-order valence-corrected chi connectivity index (χ1v) is 11.9. The zero-order chi connectivity index (χ0) is 6.24. The Labute approximate surface area is 66.4 Å². The Morgan fingerprint density at radius 1 is 1.00 bits per heavy atom. The van der Waals surface area contributed by atoms with Crippen LogP contribution in [0, 0.1) is 0 Å². The fourth-order valence-electron chi connectivity index (χ4n) is 0.124. The molecule has 0 bridgehead atoms. The molecule has 0 fully saturated rings. The molecule has 0 aliphatic rings. The normalized spacial score (nSPS) is 6.50. The monoisotopic (exact) mass is 338 g/mol. The van der Waals surface area contributed by atoms with Crippen molar-refractivity contribution >= 4 is 34.1 Å². The molecule has 0 aliphatic heterocycles. The molecule has 0 aromatic carbocycles. The third-order valence-electron chi connectivity index (χ3n) is 0.318. The summed E-state index contributed by atoms with van der Waals surface area (Å²) in [6.45, 7) is 6.96. The summed E-state index contributed by atoms with van der Waals surface area (Å²) in [4.78, 5) is 0. The van der Waals surface area contributed by atoms with Crippen LogP contribution in [0.4, 0.5) is 0 Å². The van der Waals surface area contributed by atoms with Gasteiger partial charge in [0.2, 0.25) is 0 Å². The molecule has 0 amide bonds. The quantitative estimate of drug-likeness (QED) is 0.409. The molecular formula is C6H6Te2. The molecule has 0 saturated heterocycles. The zero-order valence-electron chi connectivity index (χ0n) is 4.39. The summed E-state index contributed by atoms with van der Waals surface area (Å²) in [5.74, 6) is 0. The first-order valence-electron chi connectivity index (χ1n) is 1.92. The predicted molar refractivity (Wildman–Crippen MR) is 38.9 cm³/mol. The molecule has 0 spiro atoms. The Bertz CT molecular complexity index is 119. The SMILES string of the molecule is C=C=C[Te][Te]C=C=C. The van der Waals surface area contributed by atoms with Gasteiger partial charge in [0.15, 0.2) is 0 Å². The molecule has 0 aliphatic carbocycles. The van der Waals surface area contributed by atoms with Crippen molar-refractivity contribution in [2.75, 3.05) is 0 Å². The van der Waals surface area contributed by atoms with Crippen molar-refractivity contribution < 1.29 is 0 Å². The average molecular weight is 333 g/mol. The Kier molecular flexibility index (Phi) is 8.21. The predicted octanol–water partition coefficient (Wildman–Crippen LogP) is 0.907. The van der Waals surface area contributed by atoms with E-state index in [1.807, 2.05) is 0 Å². The van der Waals surface area contributed by atoms with Crippen LogP contribution in [0.15, 0.2) is 32.9 Å². The van der Waals surface area contributed by atoms with Gasteiger partial charge in [0.1, 0.15) is 0 Å². The van der Waals surface area contributed by atoms with Gasteiger partial charge in [-0.25, -0.2) is 0 Å². The zero-order valence-corrected chi connectivity index (χ0v) is 9.05. The second kappa shape index (κ2) is 7.62. The molecule has 0 atom stereocenters. The van der Waals surface area contributed by atoms with E-state index < -0.39 is 0 Å². The Morgan fingerprint density at radius 3 is 1.62 bits per heavy atom. The van der Waals surface area contributed by atoms with Gasteiger partial charge in [-0.05, 0) is 0 Å². The standard InChI is InChI=1S/C6H6Te2/c1-3-5-7-8-6-4-2/h5-6H,1-2H2. The fraction of sp³-hybridized carbons (Fsp3) is 0. The summed E-state index contributed by atoms with van der Waals surface area (Å²) >= 11 is 0.281. The molecule has 0 aromatic heterocycles. The number of hydrogen-bond donors (Lipinski definition) is 0. The van der Waals surface area contributed by atoms with Crippen LogP contribution in [0.1, 0.15) is 0 Å². The van der Waals surface area contributed by atoms with E-state index in [0.717, 1.165) is 0 Å². The van der Waals surface area contributed by atoms with E-state index in [1.54, 1.807) is 0 Å². The van der Waals surface area contributed by atoms with Gasteiger partial charge in [-0.15, -0.1) is 0 Å². The minimum absolute atomic E-state index is 0.141. The van der Waals surface area contributed by atoms with E-state index in [0.29, 0.717) is 0 Å². The molecule has 0 saturated carbocycles. The summed E-state index contributed by atoms with van der Waals surface area (Å²) < 4.78 is 4.17. The van der Waals surface area contributed by atoms with Gasteiger partial charge in [0.25, 0.3) is 0 Å². The summed E-state index contributed by atoms with van der Waals surface area (Å²) in [6.07, 6.45) is 0. The molecule has 0 heterocycles. The van der Waals surface area contributed by atoms with E-state index in [1.165, 1.54) is 0 Å². The first kappa shape index (κ1) is 8.62. The van der Waals surface area contributed by atoms with Crippen molar-refractivity contribution in [2.45, 2.75) is 0 Å². The maximum absolute atomic E-state index is 3.48. The van der Waals surface area contributed by atoms with Crippen LogP contribution in [-0.2, 0) is 0 Å². The van der Waals surface area contributed by atoms with Crippen LogP contribution in [0.25, 0.3) is 0 Å². The van der Waals surface area contributed by atoms with Crippen molar-refractivity contribution in [3.8, 4) is 0 Å². The maximum atomic E-state index is 3.48. The molecule has 2 heteroatoms. The summed E-state index contributed by atoms with van der Waals surface area (Å²) in [5, 5.41) is 0. The molecule has 8 heavy (non-hydrogen) atoms.